The SMILES string of the molecule is CCCCCCCCCCCCCC(CC)NOCCO. The maximum Gasteiger partial charge on any atom is 0.0913 e. The van der Waals surface area contributed by atoms with Crippen molar-refractivity contribution in [2.45, 2.75) is 103 Å². The highest BCUT2D eigenvalue weighted by atomic mass is 16.6. The average molecular weight is 302 g/mol. The molecule has 2 N–H and O–H groups in total. The maximum absolute atomic E-state index is 8.66. The van der Waals surface area contributed by atoms with E-state index in [1.807, 2.05) is 0 Å². The minimum Gasteiger partial charge on any atom is -0.394 e. The van der Waals surface area contributed by atoms with Gasteiger partial charge < -0.3 is 5.11 Å². The lowest BCUT2D eigenvalue weighted by atomic mass is 10.0. The average Bonchev–Trinajstić information content (AvgIpc) is 2.51. The van der Waals surface area contributed by atoms with Crippen LogP contribution in [-0.4, -0.2) is 24.4 Å². The number of rotatable bonds is 17. The first-order valence-electron chi connectivity index (χ1n) is 9.33. The van der Waals surface area contributed by atoms with Gasteiger partial charge in [-0.3, -0.25) is 4.84 Å². The highest BCUT2D eigenvalue weighted by Gasteiger charge is 2.05. The molecular weight excluding hydrogens is 262 g/mol. The summed E-state index contributed by atoms with van der Waals surface area (Å²) in [7, 11) is 0. The van der Waals surface area contributed by atoms with E-state index in [0.29, 0.717) is 12.6 Å². The van der Waals surface area contributed by atoms with E-state index in [0.717, 1.165) is 6.42 Å². The van der Waals surface area contributed by atoms with Crippen molar-refractivity contribution in [2.24, 2.45) is 0 Å². The molecule has 0 saturated carbocycles. The predicted molar refractivity (Wildman–Crippen MR) is 91.3 cm³/mol. The lowest BCUT2D eigenvalue weighted by Gasteiger charge is -2.16. The lowest BCUT2D eigenvalue weighted by molar-refractivity contribution is -0.00617. The second-order valence-corrected chi connectivity index (χ2v) is 6.12. The Balaban J connectivity index is 3.19. The maximum atomic E-state index is 8.66. The van der Waals surface area contributed by atoms with Crippen LogP contribution >= 0.6 is 0 Å². The fourth-order valence-corrected chi connectivity index (χ4v) is 2.62. The van der Waals surface area contributed by atoms with E-state index in [4.69, 9.17) is 9.94 Å². The summed E-state index contributed by atoms with van der Waals surface area (Å²) in [4.78, 5) is 5.19. The topological polar surface area (TPSA) is 41.5 Å². The third-order valence-corrected chi connectivity index (χ3v) is 4.09. The van der Waals surface area contributed by atoms with Gasteiger partial charge in [-0.2, -0.15) is 5.48 Å². The first kappa shape index (κ1) is 20.9. The number of hydrogen-bond acceptors (Lipinski definition) is 3. The van der Waals surface area contributed by atoms with Crippen LogP contribution in [0.5, 0.6) is 0 Å². The van der Waals surface area contributed by atoms with E-state index in [2.05, 4.69) is 19.3 Å². The molecule has 3 nitrogen and oxygen atoms in total. The van der Waals surface area contributed by atoms with Gasteiger partial charge in [0, 0.05) is 6.04 Å². The fraction of sp³-hybridized carbons (Fsp3) is 1.00. The van der Waals surface area contributed by atoms with Gasteiger partial charge in [-0.15, -0.1) is 0 Å². The van der Waals surface area contributed by atoms with Gasteiger partial charge >= 0.3 is 0 Å². The normalized spacial score (nSPS) is 12.7. The molecule has 21 heavy (non-hydrogen) atoms. The first-order valence-corrected chi connectivity index (χ1v) is 9.33. The molecule has 0 fully saturated rings. The molecule has 0 bridgehead atoms. The van der Waals surface area contributed by atoms with Crippen molar-refractivity contribution in [2.75, 3.05) is 13.2 Å². The summed E-state index contributed by atoms with van der Waals surface area (Å²) in [6.07, 6.45) is 17.6. The first-order chi connectivity index (χ1) is 10.3. The van der Waals surface area contributed by atoms with Crippen LogP contribution in [0.25, 0.3) is 0 Å². The summed E-state index contributed by atoms with van der Waals surface area (Å²) in [6, 6.07) is 0.440. The molecule has 0 aromatic heterocycles. The van der Waals surface area contributed by atoms with Gasteiger partial charge in [0.2, 0.25) is 0 Å². The molecule has 0 radical (unpaired) electrons. The highest BCUT2D eigenvalue weighted by molar-refractivity contribution is 4.60. The molecule has 0 aliphatic carbocycles. The summed E-state index contributed by atoms with van der Waals surface area (Å²) in [5.41, 5.74) is 3.05. The smallest absolute Gasteiger partial charge is 0.0913 e. The number of hydrogen-bond donors (Lipinski definition) is 2. The van der Waals surface area contributed by atoms with Crippen LogP contribution < -0.4 is 5.48 Å². The van der Waals surface area contributed by atoms with Gasteiger partial charge in [0.15, 0.2) is 0 Å². The van der Waals surface area contributed by atoms with Crippen molar-refractivity contribution >= 4 is 0 Å². The number of aliphatic hydroxyl groups is 1. The van der Waals surface area contributed by atoms with Crippen LogP contribution in [0.1, 0.15) is 97.3 Å². The van der Waals surface area contributed by atoms with Gasteiger partial charge in [-0.05, 0) is 12.8 Å². The van der Waals surface area contributed by atoms with Crippen molar-refractivity contribution < 1.29 is 9.94 Å². The van der Waals surface area contributed by atoms with E-state index in [1.165, 1.54) is 77.0 Å². The second-order valence-electron chi connectivity index (χ2n) is 6.12. The molecule has 0 aliphatic rings. The minimum absolute atomic E-state index is 0.0852. The zero-order valence-electron chi connectivity index (χ0n) is 14.5. The monoisotopic (exact) mass is 301 g/mol. The standard InChI is InChI=1S/C18H39NO2/c1-3-5-6-7-8-9-10-11-12-13-14-15-18(4-2)19-21-17-16-20/h18-20H,3-17H2,1-2H3. The molecule has 128 valence electrons. The fourth-order valence-electron chi connectivity index (χ4n) is 2.62. The van der Waals surface area contributed by atoms with Gasteiger partial charge in [0.05, 0.1) is 13.2 Å². The Kier molecular flexibility index (Phi) is 17.8. The molecule has 0 aromatic rings. The van der Waals surface area contributed by atoms with Crippen LogP contribution in [0.4, 0.5) is 0 Å². The molecule has 3 heteroatoms. The van der Waals surface area contributed by atoms with Crippen LogP contribution in [0.2, 0.25) is 0 Å². The van der Waals surface area contributed by atoms with Crippen LogP contribution in [0, 0.1) is 0 Å². The summed E-state index contributed by atoms with van der Waals surface area (Å²) in [5.74, 6) is 0. The third kappa shape index (κ3) is 16.1. The Morgan fingerprint density at radius 2 is 1.33 bits per heavy atom. The molecule has 0 heterocycles. The molecular formula is C18H39NO2. The Bertz CT molecular complexity index is 188. The van der Waals surface area contributed by atoms with E-state index < -0.39 is 0 Å². The number of hydroxylamine groups is 1. The molecule has 0 rings (SSSR count). The largest absolute Gasteiger partial charge is 0.394 e. The molecule has 0 amide bonds. The van der Waals surface area contributed by atoms with Gasteiger partial charge in [-0.25, -0.2) is 0 Å². The molecule has 0 spiro atoms. The predicted octanol–water partition coefficient (Wildman–Crippen LogP) is 4.98. The summed E-state index contributed by atoms with van der Waals surface area (Å²) < 4.78 is 0. The van der Waals surface area contributed by atoms with Crippen molar-refractivity contribution in [3.63, 3.8) is 0 Å². The highest BCUT2D eigenvalue weighted by Crippen LogP contribution is 2.13. The summed E-state index contributed by atoms with van der Waals surface area (Å²) in [5, 5.41) is 8.66. The summed E-state index contributed by atoms with van der Waals surface area (Å²) in [6.45, 7) is 4.92. The molecule has 1 atom stereocenters. The van der Waals surface area contributed by atoms with Gasteiger partial charge in [0.25, 0.3) is 0 Å². The molecule has 1 unspecified atom stereocenters. The third-order valence-electron chi connectivity index (χ3n) is 4.09. The quantitative estimate of drug-likeness (QED) is 0.294. The zero-order valence-corrected chi connectivity index (χ0v) is 14.5. The van der Waals surface area contributed by atoms with Crippen molar-refractivity contribution in [1.29, 1.82) is 0 Å². The molecule has 0 aromatic carbocycles. The number of unbranched alkanes of at least 4 members (excludes halogenated alkanes) is 10. The van der Waals surface area contributed by atoms with E-state index in [1.54, 1.807) is 0 Å². The van der Waals surface area contributed by atoms with Crippen LogP contribution in [0.3, 0.4) is 0 Å². The van der Waals surface area contributed by atoms with Crippen molar-refractivity contribution in [1.82, 2.24) is 5.48 Å². The van der Waals surface area contributed by atoms with Crippen LogP contribution in [0.15, 0.2) is 0 Å². The second kappa shape index (κ2) is 17.9. The Morgan fingerprint density at radius 1 is 0.810 bits per heavy atom. The minimum atomic E-state index is 0.0852. The van der Waals surface area contributed by atoms with Crippen molar-refractivity contribution in [3.05, 3.63) is 0 Å². The van der Waals surface area contributed by atoms with Gasteiger partial charge in [-0.1, -0.05) is 84.5 Å². The number of nitrogens with one attached hydrogen (secondary N) is 1. The van der Waals surface area contributed by atoms with Crippen LogP contribution in [-0.2, 0) is 4.84 Å². The lowest BCUT2D eigenvalue weighted by Crippen LogP contribution is -2.29. The van der Waals surface area contributed by atoms with E-state index >= 15 is 0 Å². The Morgan fingerprint density at radius 3 is 1.81 bits per heavy atom. The van der Waals surface area contributed by atoms with Gasteiger partial charge in [0.1, 0.15) is 0 Å². The Hall–Kier alpha value is -0.120. The number of aliphatic hydroxyl groups excluding tert-OH is 1. The van der Waals surface area contributed by atoms with E-state index in [-0.39, 0.29) is 6.61 Å². The Labute approximate surface area is 132 Å². The molecule has 0 saturated heterocycles. The van der Waals surface area contributed by atoms with E-state index in [9.17, 15) is 0 Å². The zero-order chi connectivity index (χ0) is 15.6. The summed E-state index contributed by atoms with van der Waals surface area (Å²) >= 11 is 0. The molecule has 0 aliphatic heterocycles. The van der Waals surface area contributed by atoms with Crippen molar-refractivity contribution in [3.8, 4) is 0 Å².